The number of carbonyl (C=O) groups is 2. The Kier molecular flexibility index (Phi) is 7.28. The van der Waals surface area contributed by atoms with Crippen molar-refractivity contribution in [1.29, 1.82) is 0 Å². The monoisotopic (exact) mass is 400 g/mol. The zero-order chi connectivity index (χ0) is 19.9. The summed E-state index contributed by atoms with van der Waals surface area (Å²) in [7, 11) is -3.79. The average Bonchev–Trinajstić information content (AvgIpc) is 2.62. The molecule has 0 radical (unpaired) electrons. The molecule has 1 N–H and O–H groups in total. The molecular formula is C17H24N2O7S. The number of carbonyl (C=O) groups excluding carboxylic acids is 2. The molecule has 9 nitrogen and oxygen atoms in total. The first kappa shape index (κ1) is 20.8. The van der Waals surface area contributed by atoms with E-state index in [1.54, 1.807) is 18.2 Å². The number of ether oxygens (including phenoxy) is 3. The first-order chi connectivity index (χ1) is 12.8. The molecule has 0 fully saturated rings. The Morgan fingerprint density at radius 2 is 1.96 bits per heavy atom. The van der Waals surface area contributed by atoms with Gasteiger partial charge in [0, 0.05) is 6.54 Å². The van der Waals surface area contributed by atoms with Crippen LogP contribution in [0.5, 0.6) is 11.5 Å². The van der Waals surface area contributed by atoms with Crippen molar-refractivity contribution >= 4 is 22.1 Å². The first-order valence-corrected chi connectivity index (χ1v) is 10.5. The number of amides is 3. The van der Waals surface area contributed by atoms with Crippen molar-refractivity contribution in [3.63, 3.8) is 0 Å². The highest BCUT2D eigenvalue weighted by Crippen LogP contribution is 2.30. The Bertz CT molecular complexity index is 766. The minimum Gasteiger partial charge on any atom is -0.486 e. The van der Waals surface area contributed by atoms with E-state index in [9.17, 15) is 18.0 Å². The van der Waals surface area contributed by atoms with Gasteiger partial charge in [0.25, 0.3) is 0 Å². The number of hydrogen-bond donors (Lipinski definition) is 1. The maximum Gasteiger partial charge on any atom is 0.415 e. The van der Waals surface area contributed by atoms with Gasteiger partial charge in [-0.05, 0) is 18.6 Å². The average molecular weight is 400 g/mol. The number of benzene rings is 1. The van der Waals surface area contributed by atoms with Gasteiger partial charge in [0.1, 0.15) is 13.2 Å². The summed E-state index contributed by atoms with van der Waals surface area (Å²) in [4.78, 5) is 23.9. The van der Waals surface area contributed by atoms with Crippen LogP contribution in [0.15, 0.2) is 24.3 Å². The van der Waals surface area contributed by atoms with Gasteiger partial charge in [-0.25, -0.2) is 27.6 Å². The van der Waals surface area contributed by atoms with E-state index >= 15 is 0 Å². The summed E-state index contributed by atoms with van der Waals surface area (Å²) in [5.74, 6) is 1.14. The minimum atomic E-state index is -3.79. The largest absolute Gasteiger partial charge is 0.486 e. The summed E-state index contributed by atoms with van der Waals surface area (Å²) < 4.78 is 40.2. The zero-order valence-corrected chi connectivity index (χ0v) is 16.2. The van der Waals surface area contributed by atoms with Crippen molar-refractivity contribution in [2.24, 2.45) is 0 Å². The highest BCUT2D eigenvalue weighted by Gasteiger charge is 2.26. The number of nitrogens with zero attached hydrogens (tertiary/aromatic N) is 1. The third-order valence-electron chi connectivity index (χ3n) is 3.77. The third kappa shape index (κ3) is 6.31. The maximum absolute atomic E-state index is 12.1. The summed E-state index contributed by atoms with van der Waals surface area (Å²) in [6.07, 6.45) is 1.48. The number of rotatable bonds is 7. The van der Waals surface area contributed by atoms with Crippen molar-refractivity contribution in [3.05, 3.63) is 24.3 Å². The van der Waals surface area contributed by atoms with E-state index in [0.717, 1.165) is 19.1 Å². The molecule has 1 aliphatic heterocycles. The minimum absolute atomic E-state index is 0.00213. The van der Waals surface area contributed by atoms with Crippen LogP contribution >= 0.6 is 0 Å². The lowest BCUT2D eigenvalue weighted by molar-refractivity contribution is 0.0341. The number of unbranched alkanes of at least 4 members (excludes halogenated alkanes) is 2. The molecule has 0 bridgehead atoms. The summed E-state index contributed by atoms with van der Waals surface area (Å²) in [5.41, 5.74) is 0. The molecule has 0 spiro atoms. The van der Waals surface area contributed by atoms with E-state index in [-0.39, 0.29) is 19.8 Å². The van der Waals surface area contributed by atoms with Crippen LogP contribution in [0.4, 0.5) is 9.59 Å². The lowest BCUT2D eigenvalue weighted by Gasteiger charge is -2.26. The molecule has 1 aliphatic rings. The third-order valence-corrected chi connectivity index (χ3v) is 4.92. The Balaban J connectivity index is 1.82. The van der Waals surface area contributed by atoms with Gasteiger partial charge < -0.3 is 14.2 Å². The number of imide groups is 1. The Morgan fingerprint density at radius 1 is 1.26 bits per heavy atom. The van der Waals surface area contributed by atoms with Gasteiger partial charge in [-0.2, -0.15) is 0 Å². The van der Waals surface area contributed by atoms with Crippen molar-refractivity contribution in [3.8, 4) is 11.5 Å². The molecule has 0 saturated heterocycles. The molecule has 0 aliphatic carbocycles. The fourth-order valence-electron chi connectivity index (χ4n) is 2.42. The molecule has 10 heteroatoms. The van der Waals surface area contributed by atoms with Gasteiger partial charge in [-0.1, -0.05) is 31.9 Å². The van der Waals surface area contributed by atoms with Gasteiger partial charge in [0.05, 0.1) is 6.26 Å². The van der Waals surface area contributed by atoms with Gasteiger partial charge in [-0.15, -0.1) is 0 Å². The molecular weight excluding hydrogens is 376 g/mol. The zero-order valence-electron chi connectivity index (χ0n) is 15.3. The van der Waals surface area contributed by atoms with Gasteiger partial charge in [0.15, 0.2) is 17.6 Å². The molecule has 1 atom stereocenters. The van der Waals surface area contributed by atoms with Crippen LogP contribution in [0.25, 0.3) is 0 Å². The topological polar surface area (TPSA) is 111 Å². The van der Waals surface area contributed by atoms with Crippen LogP contribution in [-0.4, -0.2) is 57.0 Å². The van der Waals surface area contributed by atoms with E-state index in [2.05, 4.69) is 0 Å². The van der Waals surface area contributed by atoms with Crippen LogP contribution in [-0.2, 0) is 14.8 Å². The predicted molar refractivity (Wildman–Crippen MR) is 97.3 cm³/mol. The van der Waals surface area contributed by atoms with E-state index < -0.39 is 28.3 Å². The van der Waals surface area contributed by atoms with Crippen LogP contribution in [0.1, 0.15) is 26.2 Å². The molecule has 1 aromatic rings. The predicted octanol–water partition coefficient (Wildman–Crippen LogP) is 2.12. The van der Waals surface area contributed by atoms with E-state index in [4.69, 9.17) is 14.2 Å². The lowest BCUT2D eigenvalue weighted by Crippen LogP contribution is -2.47. The van der Waals surface area contributed by atoms with Crippen molar-refractivity contribution < 1.29 is 32.2 Å². The Labute approximate surface area is 158 Å². The summed E-state index contributed by atoms with van der Waals surface area (Å²) in [6.45, 7) is 1.99. The Hall–Kier alpha value is -2.49. The van der Waals surface area contributed by atoms with E-state index in [0.29, 0.717) is 22.2 Å². The highest BCUT2D eigenvalue weighted by atomic mass is 32.2. The molecule has 2 rings (SSSR count). The molecule has 1 aromatic carbocycles. The van der Waals surface area contributed by atoms with Crippen LogP contribution in [0.3, 0.4) is 0 Å². The number of urea groups is 1. The van der Waals surface area contributed by atoms with Crippen molar-refractivity contribution in [2.75, 3.05) is 26.0 Å². The smallest absolute Gasteiger partial charge is 0.415 e. The SMILES string of the molecule is CCCCCN(C(=O)NC(=O)OC[C@H]1COc2ccccc2O1)S(C)(=O)=O. The molecule has 27 heavy (non-hydrogen) atoms. The van der Waals surface area contributed by atoms with Crippen LogP contribution in [0.2, 0.25) is 0 Å². The summed E-state index contributed by atoms with van der Waals surface area (Å²) in [5, 5.41) is 1.92. The summed E-state index contributed by atoms with van der Waals surface area (Å²) in [6, 6.07) is 6.05. The standard InChI is InChI=1S/C17H24N2O7S/c1-3-4-7-10-19(27(2,22)23)16(20)18-17(21)25-12-13-11-24-14-8-5-6-9-15(14)26-13/h5-6,8-9,13H,3-4,7,10-12H2,1-2H3,(H,18,20,21)/t13-/m1/s1. The molecule has 3 amide bonds. The fourth-order valence-corrected chi connectivity index (χ4v) is 3.23. The van der Waals surface area contributed by atoms with Crippen LogP contribution < -0.4 is 14.8 Å². The summed E-state index contributed by atoms with van der Waals surface area (Å²) >= 11 is 0. The number of nitrogens with one attached hydrogen (secondary N) is 1. The molecule has 150 valence electrons. The molecule has 0 saturated carbocycles. The van der Waals surface area contributed by atoms with Gasteiger partial charge in [-0.3, -0.25) is 0 Å². The van der Waals surface area contributed by atoms with Crippen molar-refractivity contribution in [2.45, 2.75) is 32.3 Å². The van der Waals surface area contributed by atoms with Crippen molar-refractivity contribution in [1.82, 2.24) is 9.62 Å². The highest BCUT2D eigenvalue weighted by molar-refractivity contribution is 7.88. The number of hydrogen-bond acceptors (Lipinski definition) is 7. The second-order valence-electron chi connectivity index (χ2n) is 6.07. The lowest BCUT2D eigenvalue weighted by atomic mass is 10.2. The molecule has 1 heterocycles. The van der Waals surface area contributed by atoms with Crippen LogP contribution in [0, 0.1) is 0 Å². The number of para-hydroxylation sites is 2. The number of sulfonamides is 1. The Morgan fingerprint density at radius 3 is 2.63 bits per heavy atom. The van der Waals surface area contributed by atoms with Gasteiger partial charge >= 0.3 is 12.1 Å². The normalized spacial score (nSPS) is 15.7. The number of alkyl carbamates (subject to hydrolysis) is 1. The molecule has 0 aromatic heterocycles. The fraction of sp³-hybridized carbons (Fsp3) is 0.529. The van der Waals surface area contributed by atoms with E-state index in [1.807, 2.05) is 18.3 Å². The van der Waals surface area contributed by atoms with E-state index in [1.165, 1.54) is 0 Å². The second-order valence-corrected chi connectivity index (χ2v) is 7.98. The number of fused-ring (bicyclic) bond motifs is 1. The second kappa shape index (κ2) is 9.45. The van der Waals surface area contributed by atoms with Gasteiger partial charge in [0.2, 0.25) is 10.0 Å². The quantitative estimate of drug-likeness (QED) is 0.698. The first-order valence-electron chi connectivity index (χ1n) is 8.65. The maximum atomic E-state index is 12.1. The molecule has 0 unspecified atom stereocenters.